The molecule has 0 aliphatic carbocycles. The number of nitrogens with zero attached hydrogens (tertiary/aromatic N) is 2. The van der Waals surface area contributed by atoms with Crippen LogP contribution in [0.3, 0.4) is 0 Å². The van der Waals surface area contributed by atoms with Crippen molar-refractivity contribution in [2.24, 2.45) is 0 Å². The van der Waals surface area contributed by atoms with Gasteiger partial charge in [-0.25, -0.2) is 4.98 Å². The second kappa shape index (κ2) is 6.81. The van der Waals surface area contributed by atoms with Gasteiger partial charge in [-0.3, -0.25) is 0 Å². The fourth-order valence-electron chi connectivity index (χ4n) is 1.55. The maximum atomic E-state index is 5.77. The van der Waals surface area contributed by atoms with Gasteiger partial charge in [0.2, 0.25) is 5.95 Å². The zero-order chi connectivity index (χ0) is 14.4. The van der Waals surface area contributed by atoms with Crippen LogP contribution in [-0.2, 0) is 0 Å². The zero-order valence-corrected chi connectivity index (χ0v) is 11.7. The van der Waals surface area contributed by atoms with Gasteiger partial charge >= 0.3 is 0 Å². The summed E-state index contributed by atoms with van der Waals surface area (Å²) in [6, 6.07) is 8.98. The molecule has 0 atom stereocenters. The quantitative estimate of drug-likeness (QED) is 0.628. The minimum Gasteiger partial charge on any atom is -0.497 e. The number of aromatic nitrogens is 2. The summed E-state index contributed by atoms with van der Waals surface area (Å²) >= 11 is 5.77. The van der Waals surface area contributed by atoms with Crippen LogP contribution < -0.4 is 20.5 Å². The topological polar surface area (TPSA) is 82.3 Å². The summed E-state index contributed by atoms with van der Waals surface area (Å²) in [5.74, 6) is 2.27. The van der Waals surface area contributed by atoms with E-state index in [1.54, 1.807) is 13.2 Å². The Morgan fingerprint density at radius 1 is 1.20 bits per heavy atom. The predicted octanol–water partition coefficient (Wildman–Crippen LogP) is 2.21. The number of nitrogens with one attached hydrogen (secondary N) is 1. The number of anilines is 2. The van der Waals surface area contributed by atoms with E-state index in [0.717, 1.165) is 11.5 Å². The Kier molecular flexibility index (Phi) is 4.84. The first-order valence-electron chi connectivity index (χ1n) is 5.98. The maximum absolute atomic E-state index is 5.77. The molecule has 0 aliphatic heterocycles. The van der Waals surface area contributed by atoms with Crippen LogP contribution in [0.15, 0.2) is 30.3 Å². The molecular formula is C13H15ClN4O2. The Hall–Kier alpha value is -2.21. The average molecular weight is 295 g/mol. The van der Waals surface area contributed by atoms with E-state index in [-0.39, 0.29) is 5.95 Å². The van der Waals surface area contributed by atoms with Gasteiger partial charge in [0, 0.05) is 6.07 Å². The van der Waals surface area contributed by atoms with Gasteiger partial charge in [0.25, 0.3) is 0 Å². The molecule has 1 aromatic carbocycles. The Morgan fingerprint density at radius 3 is 2.55 bits per heavy atom. The SMILES string of the molecule is COc1ccc(OCCNc2cc(Cl)nc(N)n2)cc1. The van der Waals surface area contributed by atoms with Gasteiger partial charge in [0.15, 0.2) is 0 Å². The molecule has 20 heavy (non-hydrogen) atoms. The third-order valence-electron chi connectivity index (χ3n) is 2.45. The molecule has 2 aromatic rings. The molecule has 6 nitrogen and oxygen atoms in total. The third kappa shape index (κ3) is 4.17. The smallest absolute Gasteiger partial charge is 0.223 e. The lowest BCUT2D eigenvalue weighted by atomic mass is 10.3. The van der Waals surface area contributed by atoms with E-state index >= 15 is 0 Å². The third-order valence-corrected chi connectivity index (χ3v) is 2.64. The van der Waals surface area contributed by atoms with Crippen molar-refractivity contribution in [3.8, 4) is 11.5 Å². The monoisotopic (exact) mass is 294 g/mol. The van der Waals surface area contributed by atoms with Crippen molar-refractivity contribution >= 4 is 23.4 Å². The van der Waals surface area contributed by atoms with Crippen LogP contribution >= 0.6 is 11.6 Å². The van der Waals surface area contributed by atoms with E-state index in [2.05, 4.69) is 15.3 Å². The molecule has 3 N–H and O–H groups in total. The lowest BCUT2D eigenvalue weighted by Crippen LogP contribution is -2.13. The van der Waals surface area contributed by atoms with Crippen molar-refractivity contribution in [1.82, 2.24) is 9.97 Å². The van der Waals surface area contributed by atoms with Crippen LogP contribution in [-0.4, -0.2) is 30.2 Å². The molecule has 1 heterocycles. The van der Waals surface area contributed by atoms with E-state index in [9.17, 15) is 0 Å². The molecule has 0 fully saturated rings. The van der Waals surface area contributed by atoms with Crippen LogP contribution in [0, 0.1) is 0 Å². The normalized spacial score (nSPS) is 10.1. The number of hydrogen-bond donors (Lipinski definition) is 2. The van der Waals surface area contributed by atoms with E-state index in [4.69, 9.17) is 26.8 Å². The maximum Gasteiger partial charge on any atom is 0.223 e. The Labute approximate surface area is 121 Å². The molecule has 0 unspecified atom stereocenters. The fraction of sp³-hybridized carbons (Fsp3) is 0.231. The van der Waals surface area contributed by atoms with Gasteiger partial charge in [-0.1, -0.05) is 11.6 Å². The Morgan fingerprint density at radius 2 is 1.90 bits per heavy atom. The molecule has 7 heteroatoms. The second-order valence-electron chi connectivity index (χ2n) is 3.88. The molecule has 0 aliphatic rings. The highest BCUT2D eigenvalue weighted by Gasteiger charge is 2.00. The number of hydrogen-bond acceptors (Lipinski definition) is 6. The first-order chi connectivity index (χ1) is 9.67. The number of benzene rings is 1. The molecule has 2 rings (SSSR count). The number of rotatable bonds is 6. The van der Waals surface area contributed by atoms with E-state index in [1.165, 1.54) is 0 Å². The van der Waals surface area contributed by atoms with Crippen molar-refractivity contribution in [2.75, 3.05) is 31.3 Å². The molecule has 0 radical (unpaired) electrons. The van der Waals surface area contributed by atoms with Gasteiger partial charge in [-0.2, -0.15) is 4.98 Å². The predicted molar refractivity (Wildman–Crippen MR) is 78.4 cm³/mol. The van der Waals surface area contributed by atoms with Gasteiger partial charge < -0.3 is 20.5 Å². The highest BCUT2D eigenvalue weighted by Crippen LogP contribution is 2.17. The zero-order valence-electron chi connectivity index (χ0n) is 11.0. The van der Waals surface area contributed by atoms with E-state index in [0.29, 0.717) is 24.1 Å². The summed E-state index contributed by atoms with van der Waals surface area (Å²) in [6.45, 7) is 1.05. The number of methoxy groups -OCH3 is 1. The average Bonchev–Trinajstić information content (AvgIpc) is 2.43. The summed E-state index contributed by atoms with van der Waals surface area (Å²) in [5.41, 5.74) is 5.49. The molecular weight excluding hydrogens is 280 g/mol. The van der Waals surface area contributed by atoms with Crippen LogP contribution in [0.5, 0.6) is 11.5 Å². The summed E-state index contributed by atoms with van der Waals surface area (Å²) < 4.78 is 10.6. The number of halogens is 1. The standard InChI is InChI=1S/C13H15ClN4O2/c1-19-9-2-4-10(5-3-9)20-7-6-16-12-8-11(14)17-13(15)18-12/h2-5,8H,6-7H2,1H3,(H3,15,16,17,18). The fourth-order valence-corrected chi connectivity index (χ4v) is 1.74. The first-order valence-corrected chi connectivity index (χ1v) is 6.36. The minimum absolute atomic E-state index is 0.135. The van der Waals surface area contributed by atoms with Crippen molar-refractivity contribution < 1.29 is 9.47 Å². The van der Waals surface area contributed by atoms with E-state index < -0.39 is 0 Å². The van der Waals surface area contributed by atoms with Gasteiger partial charge in [0.05, 0.1) is 13.7 Å². The van der Waals surface area contributed by atoms with Crippen LogP contribution in [0.25, 0.3) is 0 Å². The minimum atomic E-state index is 0.135. The van der Waals surface area contributed by atoms with Gasteiger partial charge in [-0.15, -0.1) is 0 Å². The molecule has 0 spiro atoms. The van der Waals surface area contributed by atoms with Crippen molar-refractivity contribution in [2.45, 2.75) is 0 Å². The van der Waals surface area contributed by atoms with Crippen molar-refractivity contribution in [3.05, 3.63) is 35.5 Å². The molecule has 0 saturated heterocycles. The highest BCUT2D eigenvalue weighted by molar-refractivity contribution is 6.29. The number of nitrogens with two attached hydrogens (primary N) is 1. The van der Waals surface area contributed by atoms with Gasteiger partial charge in [-0.05, 0) is 24.3 Å². The molecule has 0 bridgehead atoms. The van der Waals surface area contributed by atoms with Crippen LogP contribution in [0.1, 0.15) is 0 Å². The lowest BCUT2D eigenvalue weighted by molar-refractivity contribution is 0.331. The van der Waals surface area contributed by atoms with E-state index in [1.807, 2.05) is 24.3 Å². The lowest BCUT2D eigenvalue weighted by Gasteiger charge is -2.09. The summed E-state index contributed by atoms with van der Waals surface area (Å²) in [6.07, 6.45) is 0. The molecule has 1 aromatic heterocycles. The molecule has 0 amide bonds. The highest BCUT2D eigenvalue weighted by atomic mass is 35.5. The molecule has 106 valence electrons. The largest absolute Gasteiger partial charge is 0.497 e. The summed E-state index contributed by atoms with van der Waals surface area (Å²) in [4.78, 5) is 7.78. The van der Waals surface area contributed by atoms with Crippen LogP contribution in [0.4, 0.5) is 11.8 Å². The van der Waals surface area contributed by atoms with Gasteiger partial charge in [0.1, 0.15) is 29.1 Å². The Bertz CT molecular complexity index is 543. The van der Waals surface area contributed by atoms with Crippen molar-refractivity contribution in [3.63, 3.8) is 0 Å². The number of nitrogen functional groups attached to an aromatic ring is 1. The summed E-state index contributed by atoms with van der Waals surface area (Å²) in [5, 5.41) is 3.36. The van der Waals surface area contributed by atoms with Crippen molar-refractivity contribution in [1.29, 1.82) is 0 Å². The second-order valence-corrected chi connectivity index (χ2v) is 4.27. The first kappa shape index (κ1) is 14.2. The summed E-state index contributed by atoms with van der Waals surface area (Å²) in [7, 11) is 1.62. The van der Waals surface area contributed by atoms with Crippen LogP contribution in [0.2, 0.25) is 5.15 Å². The Balaban J connectivity index is 1.78. The molecule has 0 saturated carbocycles. The number of ether oxygens (including phenoxy) is 2.